The maximum atomic E-state index is 10.8. The van der Waals surface area contributed by atoms with E-state index in [4.69, 9.17) is 11.6 Å². The van der Waals surface area contributed by atoms with Crippen molar-refractivity contribution in [1.29, 1.82) is 0 Å². The van der Waals surface area contributed by atoms with Crippen molar-refractivity contribution in [3.05, 3.63) is 80.9 Å². The molecule has 0 N–H and O–H groups in total. The zero-order chi connectivity index (χ0) is 14.4. The monoisotopic (exact) mass is 307 g/mol. The molecule has 0 aromatic heterocycles. The molecule has 2 rings (SSSR count). The molecule has 0 heterocycles. The van der Waals surface area contributed by atoms with Gasteiger partial charge in [0, 0.05) is 15.7 Å². The van der Waals surface area contributed by atoms with E-state index in [1.54, 1.807) is 11.8 Å². The predicted molar refractivity (Wildman–Crippen MR) is 83.8 cm³/mol. The molecule has 20 heavy (non-hydrogen) atoms. The Kier molecular flexibility index (Phi) is 5.44. The van der Waals surface area contributed by atoms with Gasteiger partial charge in [-0.3, -0.25) is 10.1 Å². The Labute approximate surface area is 127 Å². The smallest absolute Gasteiger partial charge is 0.219 e. The van der Waals surface area contributed by atoms with E-state index >= 15 is 0 Å². The van der Waals surface area contributed by atoms with E-state index in [1.165, 1.54) is 0 Å². The summed E-state index contributed by atoms with van der Waals surface area (Å²) in [6.45, 7) is -0.0672. The minimum Gasteiger partial charge on any atom is -0.264 e. The summed E-state index contributed by atoms with van der Waals surface area (Å²) in [5, 5.41) is 11.4. The second-order valence-electron chi connectivity index (χ2n) is 4.35. The van der Waals surface area contributed by atoms with Gasteiger partial charge < -0.3 is 0 Å². The summed E-state index contributed by atoms with van der Waals surface area (Å²) in [5.74, 6) is 0.727. The molecule has 0 aliphatic carbocycles. The second-order valence-corrected chi connectivity index (χ2v) is 5.98. The average Bonchev–Trinajstić information content (AvgIpc) is 2.46. The number of nitro groups is 1. The molecule has 0 bridgehead atoms. The van der Waals surface area contributed by atoms with Gasteiger partial charge in [0.25, 0.3) is 0 Å². The van der Waals surface area contributed by atoms with Crippen LogP contribution in [-0.4, -0.2) is 11.5 Å². The molecule has 0 saturated carbocycles. The maximum absolute atomic E-state index is 10.8. The summed E-state index contributed by atoms with van der Waals surface area (Å²) in [5.41, 5.74) is 2.10. The number of thioether (sulfide) groups is 1. The van der Waals surface area contributed by atoms with Gasteiger partial charge in [0.05, 0.1) is 5.25 Å². The van der Waals surface area contributed by atoms with Crippen molar-refractivity contribution in [1.82, 2.24) is 0 Å². The Hall–Kier alpha value is -1.52. The molecule has 1 atom stereocenters. The molecular formula is C15H14ClNO2S. The maximum Gasteiger partial charge on any atom is 0.219 e. The summed E-state index contributed by atoms with van der Waals surface area (Å²) >= 11 is 7.42. The van der Waals surface area contributed by atoms with Crippen molar-refractivity contribution in [2.75, 3.05) is 6.54 Å². The van der Waals surface area contributed by atoms with Gasteiger partial charge >= 0.3 is 0 Å². The lowest BCUT2D eigenvalue weighted by Crippen LogP contribution is -2.10. The summed E-state index contributed by atoms with van der Waals surface area (Å²) in [7, 11) is 0. The Bertz CT molecular complexity index is 560. The summed E-state index contributed by atoms with van der Waals surface area (Å²) < 4.78 is 0. The molecule has 2 aromatic carbocycles. The number of hydrogen-bond acceptors (Lipinski definition) is 3. The average molecular weight is 308 g/mol. The van der Waals surface area contributed by atoms with Crippen molar-refractivity contribution in [3.63, 3.8) is 0 Å². The normalized spacial score (nSPS) is 12.1. The van der Waals surface area contributed by atoms with E-state index in [0.29, 0.717) is 5.02 Å². The Morgan fingerprint density at radius 1 is 1.10 bits per heavy atom. The molecule has 2 aromatic rings. The number of nitrogens with zero attached hydrogens (tertiary/aromatic N) is 1. The van der Waals surface area contributed by atoms with E-state index in [0.717, 1.165) is 16.9 Å². The fraction of sp³-hybridized carbons (Fsp3) is 0.200. The van der Waals surface area contributed by atoms with E-state index in [1.807, 2.05) is 54.6 Å². The molecule has 0 saturated heterocycles. The van der Waals surface area contributed by atoms with Gasteiger partial charge in [0.2, 0.25) is 6.54 Å². The van der Waals surface area contributed by atoms with Crippen molar-refractivity contribution in [2.24, 2.45) is 0 Å². The highest BCUT2D eigenvalue weighted by Crippen LogP contribution is 2.31. The third kappa shape index (κ3) is 4.54. The van der Waals surface area contributed by atoms with Gasteiger partial charge in [-0.15, -0.1) is 11.8 Å². The lowest BCUT2D eigenvalue weighted by molar-refractivity contribution is -0.479. The third-order valence-corrected chi connectivity index (χ3v) is 4.43. The van der Waals surface area contributed by atoms with Crippen LogP contribution < -0.4 is 0 Å². The Balaban J connectivity index is 2.04. The van der Waals surface area contributed by atoms with Crippen LogP contribution in [0.15, 0.2) is 54.6 Å². The highest BCUT2D eigenvalue weighted by atomic mass is 35.5. The van der Waals surface area contributed by atoms with Crippen molar-refractivity contribution in [2.45, 2.75) is 11.0 Å². The van der Waals surface area contributed by atoms with Crippen LogP contribution in [0, 0.1) is 10.1 Å². The van der Waals surface area contributed by atoms with E-state index in [2.05, 4.69) is 0 Å². The lowest BCUT2D eigenvalue weighted by atomic mass is 10.1. The van der Waals surface area contributed by atoms with Crippen molar-refractivity contribution in [3.8, 4) is 0 Å². The van der Waals surface area contributed by atoms with Crippen LogP contribution in [0.2, 0.25) is 5.02 Å². The number of benzene rings is 2. The molecule has 3 nitrogen and oxygen atoms in total. The fourth-order valence-electron chi connectivity index (χ4n) is 1.83. The first-order valence-corrected chi connectivity index (χ1v) is 7.60. The van der Waals surface area contributed by atoms with Gasteiger partial charge in [-0.2, -0.15) is 0 Å². The van der Waals surface area contributed by atoms with Gasteiger partial charge in [-0.1, -0.05) is 54.1 Å². The molecule has 0 unspecified atom stereocenters. The van der Waals surface area contributed by atoms with Gasteiger partial charge in [-0.25, -0.2) is 0 Å². The molecule has 0 amide bonds. The summed E-state index contributed by atoms with van der Waals surface area (Å²) in [6, 6.07) is 17.2. The lowest BCUT2D eigenvalue weighted by Gasteiger charge is -2.13. The molecular weight excluding hydrogens is 294 g/mol. The zero-order valence-corrected chi connectivity index (χ0v) is 12.3. The van der Waals surface area contributed by atoms with Crippen LogP contribution in [0.25, 0.3) is 0 Å². The summed E-state index contributed by atoms with van der Waals surface area (Å²) in [4.78, 5) is 10.6. The van der Waals surface area contributed by atoms with Crippen LogP contribution in [0.5, 0.6) is 0 Å². The molecule has 0 aliphatic heterocycles. The summed E-state index contributed by atoms with van der Waals surface area (Å²) in [6.07, 6.45) is 0. The standard InChI is InChI=1S/C15H14ClNO2S/c16-14-8-6-12(7-9-14)11-20-15(10-17(18)19)13-4-2-1-3-5-13/h1-9,15H,10-11H2/t15-/m1/s1. The molecule has 5 heteroatoms. The second kappa shape index (κ2) is 7.31. The zero-order valence-electron chi connectivity index (χ0n) is 10.7. The molecule has 0 aliphatic rings. The minimum absolute atomic E-state index is 0.0672. The van der Waals surface area contributed by atoms with Crippen molar-refractivity contribution >= 4 is 23.4 Å². The highest BCUT2D eigenvalue weighted by Gasteiger charge is 2.18. The van der Waals surface area contributed by atoms with Crippen LogP contribution in [-0.2, 0) is 5.75 Å². The van der Waals surface area contributed by atoms with Gasteiger partial charge in [-0.05, 0) is 23.3 Å². The minimum atomic E-state index is -0.257. The van der Waals surface area contributed by atoms with Crippen molar-refractivity contribution < 1.29 is 4.92 Å². The predicted octanol–water partition coefficient (Wildman–Crippen LogP) is 4.59. The topological polar surface area (TPSA) is 43.1 Å². The number of hydrogen-bond donors (Lipinski definition) is 0. The largest absolute Gasteiger partial charge is 0.264 e. The third-order valence-electron chi connectivity index (χ3n) is 2.85. The first kappa shape index (κ1) is 14.9. The Morgan fingerprint density at radius 2 is 1.75 bits per heavy atom. The first-order chi connectivity index (χ1) is 9.65. The first-order valence-electron chi connectivity index (χ1n) is 6.18. The van der Waals surface area contributed by atoms with Gasteiger partial charge in [0.1, 0.15) is 0 Å². The van der Waals surface area contributed by atoms with E-state index < -0.39 is 0 Å². The van der Waals surface area contributed by atoms with Crippen LogP contribution in [0.1, 0.15) is 16.4 Å². The quantitative estimate of drug-likeness (QED) is 0.579. The highest BCUT2D eigenvalue weighted by molar-refractivity contribution is 7.98. The molecule has 0 spiro atoms. The molecule has 0 fully saturated rings. The number of halogens is 1. The van der Waals surface area contributed by atoms with Crippen LogP contribution >= 0.6 is 23.4 Å². The molecule has 0 radical (unpaired) electrons. The van der Waals surface area contributed by atoms with E-state index in [-0.39, 0.29) is 16.7 Å². The number of rotatable bonds is 6. The fourth-order valence-corrected chi connectivity index (χ4v) is 3.12. The van der Waals surface area contributed by atoms with E-state index in [9.17, 15) is 10.1 Å². The van der Waals surface area contributed by atoms with Crippen LogP contribution in [0.4, 0.5) is 0 Å². The van der Waals surface area contributed by atoms with Crippen LogP contribution in [0.3, 0.4) is 0 Å². The SMILES string of the molecule is O=[N+]([O-])C[C@@H](SCc1ccc(Cl)cc1)c1ccccc1. The molecule has 104 valence electrons. The van der Waals surface area contributed by atoms with Gasteiger partial charge in [0.15, 0.2) is 0 Å². The Morgan fingerprint density at radius 3 is 2.35 bits per heavy atom.